The van der Waals surface area contributed by atoms with Crippen LogP contribution >= 0.6 is 0 Å². The Kier molecular flexibility index (Phi) is 13.4. The van der Waals surface area contributed by atoms with Crippen molar-refractivity contribution in [3.8, 4) is 0 Å². The Bertz CT molecular complexity index is 819. The van der Waals surface area contributed by atoms with Gasteiger partial charge in [0.25, 0.3) is 0 Å². The number of carboxylic acid groups (broad SMARTS) is 2. The van der Waals surface area contributed by atoms with Crippen LogP contribution in [-0.4, -0.2) is 88.5 Å². The van der Waals surface area contributed by atoms with E-state index in [1.165, 1.54) is 13.8 Å². The van der Waals surface area contributed by atoms with E-state index < -0.39 is 72.2 Å². The summed E-state index contributed by atoms with van der Waals surface area (Å²) in [7, 11) is 0. The summed E-state index contributed by atoms with van der Waals surface area (Å²) in [5.41, 5.74) is 10.7. The van der Waals surface area contributed by atoms with Gasteiger partial charge >= 0.3 is 11.9 Å². The molecule has 0 aliphatic heterocycles. The Balaban J connectivity index is 5.25. The van der Waals surface area contributed by atoms with Crippen molar-refractivity contribution >= 4 is 41.5 Å². The molecular weight excluding hydrogens is 468 g/mol. The molecule has 12 N–H and O–H groups in total. The molecule has 0 aliphatic carbocycles. The second kappa shape index (κ2) is 15.0. The molecule has 16 heteroatoms. The number of hydrogen-bond donors (Lipinski definition) is 10. The number of carbonyl (C=O) groups is 6. The van der Waals surface area contributed by atoms with Crippen LogP contribution in [0.4, 0.5) is 0 Å². The van der Waals surface area contributed by atoms with Crippen molar-refractivity contribution in [3.05, 3.63) is 0 Å². The fourth-order valence-electron chi connectivity index (χ4n) is 2.54. The van der Waals surface area contributed by atoms with Crippen LogP contribution in [0, 0.1) is 5.41 Å². The third kappa shape index (κ3) is 12.8. The molecule has 0 bridgehead atoms. The molecule has 0 fully saturated rings. The molecule has 35 heavy (non-hydrogen) atoms. The topological polar surface area (TPSA) is 279 Å². The molecule has 0 saturated carbocycles. The van der Waals surface area contributed by atoms with Crippen LogP contribution in [0.3, 0.4) is 0 Å². The lowest BCUT2D eigenvalue weighted by Gasteiger charge is -2.24. The molecule has 198 valence electrons. The van der Waals surface area contributed by atoms with Crippen LogP contribution in [0.5, 0.6) is 0 Å². The smallest absolute Gasteiger partial charge is 0.325 e. The zero-order chi connectivity index (χ0) is 27.3. The van der Waals surface area contributed by atoms with Crippen molar-refractivity contribution in [3.63, 3.8) is 0 Å². The lowest BCUT2D eigenvalue weighted by Crippen LogP contribution is -2.57. The second-order valence-corrected chi connectivity index (χ2v) is 7.79. The van der Waals surface area contributed by atoms with Gasteiger partial charge in [0.15, 0.2) is 5.96 Å². The average Bonchev–Trinajstić information content (AvgIpc) is 2.73. The van der Waals surface area contributed by atoms with E-state index in [9.17, 15) is 28.8 Å². The quantitative estimate of drug-likeness (QED) is 0.0587. The molecule has 0 spiro atoms. The summed E-state index contributed by atoms with van der Waals surface area (Å²) in [6.07, 6.45) is -0.406. The summed E-state index contributed by atoms with van der Waals surface area (Å²) in [6, 6.07) is -6.20. The number of carboxylic acids is 2. The Labute approximate surface area is 201 Å². The van der Waals surface area contributed by atoms with Gasteiger partial charge in [-0.1, -0.05) is 0 Å². The summed E-state index contributed by atoms with van der Waals surface area (Å²) in [5.74, 6) is -6.38. The highest BCUT2D eigenvalue weighted by Crippen LogP contribution is 2.01. The molecule has 5 atom stereocenters. The van der Waals surface area contributed by atoms with Crippen LogP contribution in [0.25, 0.3) is 0 Å². The minimum absolute atomic E-state index is 0.107. The number of hydrogen-bond acceptors (Lipinski definition) is 8. The Morgan fingerprint density at radius 3 is 1.80 bits per heavy atom. The van der Waals surface area contributed by atoms with Crippen molar-refractivity contribution in [2.24, 2.45) is 11.5 Å². The Hall–Kier alpha value is -3.95. The minimum atomic E-state index is -1.60. The Morgan fingerprint density at radius 1 is 0.800 bits per heavy atom. The lowest BCUT2D eigenvalue weighted by atomic mass is 10.1. The molecule has 0 aromatic heterocycles. The van der Waals surface area contributed by atoms with E-state index in [-0.39, 0.29) is 18.9 Å². The first-order valence-corrected chi connectivity index (χ1v) is 10.6. The molecular formula is C19H34N8O8. The van der Waals surface area contributed by atoms with Gasteiger partial charge < -0.3 is 48.3 Å². The Morgan fingerprint density at radius 2 is 1.31 bits per heavy atom. The van der Waals surface area contributed by atoms with Gasteiger partial charge in [0, 0.05) is 6.54 Å². The average molecular weight is 503 g/mol. The summed E-state index contributed by atoms with van der Waals surface area (Å²) in [5, 5.41) is 36.6. The third-order valence-corrected chi connectivity index (χ3v) is 4.52. The van der Waals surface area contributed by atoms with Crippen molar-refractivity contribution < 1.29 is 39.0 Å². The normalized spacial score (nSPS) is 14.7. The second-order valence-electron chi connectivity index (χ2n) is 7.79. The van der Waals surface area contributed by atoms with Crippen molar-refractivity contribution in [1.82, 2.24) is 26.6 Å². The third-order valence-electron chi connectivity index (χ3n) is 4.52. The van der Waals surface area contributed by atoms with E-state index in [1.807, 2.05) is 0 Å². The monoisotopic (exact) mass is 502 g/mol. The van der Waals surface area contributed by atoms with E-state index in [1.54, 1.807) is 0 Å². The van der Waals surface area contributed by atoms with Gasteiger partial charge in [0.2, 0.25) is 23.6 Å². The molecule has 0 aromatic carbocycles. The SMILES string of the molecule is C[C@H](N)C(=O)N[C@@H](CCCNC(=N)N)C(=O)N[C@@H](C)C(=O)N[C@@H](CC(=O)O)C(=O)N[C@@H](C)C(=O)O. The maximum atomic E-state index is 12.7. The summed E-state index contributed by atoms with van der Waals surface area (Å²) < 4.78 is 0. The van der Waals surface area contributed by atoms with E-state index in [0.717, 1.165) is 6.92 Å². The molecule has 4 amide bonds. The van der Waals surface area contributed by atoms with Crippen LogP contribution in [0.1, 0.15) is 40.0 Å². The highest BCUT2D eigenvalue weighted by atomic mass is 16.4. The van der Waals surface area contributed by atoms with Gasteiger partial charge in [-0.15, -0.1) is 0 Å². The van der Waals surface area contributed by atoms with E-state index >= 15 is 0 Å². The standard InChI is InChI=1S/C19H34N8O8/c1-8(20)14(30)26-11(5-4-6-23-19(21)22)16(32)24-9(2)15(31)27-12(7-13(28)29)17(33)25-10(3)18(34)35/h8-12H,4-7,20H2,1-3H3,(H,24,32)(H,25,33)(H,26,30)(H,27,31)(H,28,29)(H,34,35)(H4,21,22,23)/t8-,9-,10-,11-,12-/m0/s1. The molecule has 0 rings (SSSR count). The highest BCUT2D eigenvalue weighted by Gasteiger charge is 2.30. The maximum Gasteiger partial charge on any atom is 0.325 e. The zero-order valence-electron chi connectivity index (χ0n) is 19.7. The van der Waals surface area contributed by atoms with Gasteiger partial charge in [0.05, 0.1) is 12.5 Å². The van der Waals surface area contributed by atoms with Gasteiger partial charge in [-0.2, -0.15) is 0 Å². The fourth-order valence-corrected chi connectivity index (χ4v) is 2.54. The molecule has 0 aromatic rings. The maximum absolute atomic E-state index is 12.7. The van der Waals surface area contributed by atoms with E-state index in [4.69, 9.17) is 27.1 Å². The first-order chi connectivity index (χ1) is 16.1. The lowest BCUT2D eigenvalue weighted by molar-refractivity contribution is -0.143. The van der Waals surface area contributed by atoms with Crippen LogP contribution in [0.2, 0.25) is 0 Å². The van der Waals surface area contributed by atoms with Crippen molar-refractivity contribution in [2.45, 2.75) is 70.2 Å². The molecule has 0 unspecified atom stereocenters. The summed E-state index contributed by atoms with van der Waals surface area (Å²) in [6.45, 7) is 4.08. The zero-order valence-corrected chi connectivity index (χ0v) is 19.7. The van der Waals surface area contributed by atoms with Gasteiger partial charge in [-0.05, 0) is 33.6 Å². The molecule has 0 heterocycles. The van der Waals surface area contributed by atoms with E-state index in [2.05, 4.69) is 26.6 Å². The number of amides is 4. The first-order valence-electron chi connectivity index (χ1n) is 10.6. The highest BCUT2D eigenvalue weighted by molar-refractivity contribution is 5.96. The molecule has 16 nitrogen and oxygen atoms in total. The summed E-state index contributed by atoms with van der Waals surface area (Å²) in [4.78, 5) is 71.4. The summed E-state index contributed by atoms with van der Waals surface area (Å²) >= 11 is 0. The van der Waals surface area contributed by atoms with E-state index in [0.29, 0.717) is 6.42 Å². The molecule has 0 saturated heterocycles. The predicted molar refractivity (Wildman–Crippen MR) is 122 cm³/mol. The first kappa shape index (κ1) is 31.0. The van der Waals surface area contributed by atoms with Crippen LogP contribution in [-0.2, 0) is 28.8 Å². The number of carbonyl (C=O) groups excluding carboxylic acids is 4. The molecule has 0 radical (unpaired) electrons. The van der Waals surface area contributed by atoms with Gasteiger partial charge in [-0.3, -0.25) is 34.2 Å². The van der Waals surface area contributed by atoms with Crippen LogP contribution in [0.15, 0.2) is 0 Å². The van der Waals surface area contributed by atoms with Crippen molar-refractivity contribution in [1.29, 1.82) is 5.41 Å². The van der Waals surface area contributed by atoms with Gasteiger partial charge in [-0.25, -0.2) is 0 Å². The number of guanidine groups is 1. The number of nitrogens with one attached hydrogen (secondary N) is 6. The van der Waals surface area contributed by atoms with Gasteiger partial charge in [0.1, 0.15) is 24.2 Å². The predicted octanol–water partition coefficient (Wildman–Crippen LogP) is -3.86. The van der Waals surface area contributed by atoms with Crippen molar-refractivity contribution in [2.75, 3.05) is 6.54 Å². The minimum Gasteiger partial charge on any atom is -0.481 e. The fraction of sp³-hybridized carbons (Fsp3) is 0.632. The van der Waals surface area contributed by atoms with Crippen LogP contribution < -0.4 is 38.1 Å². The largest absolute Gasteiger partial charge is 0.481 e. The molecule has 0 aliphatic rings. The number of nitrogens with two attached hydrogens (primary N) is 2. The number of aliphatic carboxylic acids is 2. The number of rotatable bonds is 15.